The van der Waals surface area contributed by atoms with E-state index in [0.29, 0.717) is 5.75 Å². The molecule has 2 aliphatic rings. The summed E-state index contributed by atoms with van der Waals surface area (Å²) in [5.41, 5.74) is 0. The summed E-state index contributed by atoms with van der Waals surface area (Å²) in [5, 5.41) is 2.26. The first-order valence-corrected chi connectivity index (χ1v) is 9.28. The third-order valence-electron chi connectivity index (χ3n) is 4.34. The molecule has 27 heavy (non-hydrogen) atoms. The maximum Gasteiger partial charge on any atom is 0.337 e. The van der Waals surface area contributed by atoms with Crippen LogP contribution in [-0.4, -0.2) is 57.5 Å². The summed E-state index contributed by atoms with van der Waals surface area (Å²) in [5.74, 6) is -1.73. The number of hydrogen-bond donors (Lipinski definition) is 1. The smallest absolute Gasteiger partial charge is 0.337 e. The molecule has 0 bridgehead atoms. The van der Waals surface area contributed by atoms with E-state index in [1.54, 1.807) is 38.1 Å². The van der Waals surface area contributed by atoms with Crippen molar-refractivity contribution in [3.05, 3.63) is 30.3 Å². The van der Waals surface area contributed by atoms with Gasteiger partial charge in [-0.25, -0.2) is 4.79 Å². The van der Waals surface area contributed by atoms with Crippen LogP contribution < -0.4 is 10.1 Å². The van der Waals surface area contributed by atoms with Crippen LogP contribution in [-0.2, 0) is 23.9 Å². The van der Waals surface area contributed by atoms with Gasteiger partial charge in [-0.3, -0.25) is 14.4 Å². The van der Waals surface area contributed by atoms with E-state index in [4.69, 9.17) is 4.74 Å². The molecular formula is C18H20N2O6S. The van der Waals surface area contributed by atoms with Crippen LogP contribution in [0.5, 0.6) is 5.75 Å². The van der Waals surface area contributed by atoms with Crippen LogP contribution in [0.4, 0.5) is 0 Å². The van der Waals surface area contributed by atoms with E-state index in [0.717, 1.165) is 6.92 Å². The van der Waals surface area contributed by atoms with Crippen LogP contribution in [0.2, 0.25) is 0 Å². The third kappa shape index (κ3) is 3.78. The van der Waals surface area contributed by atoms with E-state index in [-0.39, 0.29) is 12.5 Å². The first kappa shape index (κ1) is 19.2. The molecule has 0 saturated carbocycles. The molecule has 2 heterocycles. The number of para-hydroxylation sites is 1. The third-order valence-corrected chi connectivity index (χ3v) is 5.91. The van der Waals surface area contributed by atoms with Crippen molar-refractivity contribution in [3.8, 4) is 5.75 Å². The summed E-state index contributed by atoms with van der Waals surface area (Å²) in [6, 6.07) is 7.25. The molecule has 0 unspecified atom stereocenters. The van der Waals surface area contributed by atoms with Gasteiger partial charge < -0.3 is 19.7 Å². The summed E-state index contributed by atoms with van der Waals surface area (Å²) in [6.45, 7) is 4.52. The highest BCUT2D eigenvalue weighted by Gasteiger charge is 2.64. The van der Waals surface area contributed by atoms with Gasteiger partial charge in [0, 0.05) is 11.7 Å². The van der Waals surface area contributed by atoms with Gasteiger partial charge in [0.1, 0.15) is 23.2 Å². The van der Waals surface area contributed by atoms with Crippen molar-refractivity contribution in [1.82, 2.24) is 10.2 Å². The molecule has 3 atom stereocenters. The fourth-order valence-corrected chi connectivity index (χ4v) is 4.83. The van der Waals surface area contributed by atoms with Gasteiger partial charge in [-0.1, -0.05) is 18.2 Å². The zero-order valence-corrected chi connectivity index (χ0v) is 15.9. The lowest BCUT2D eigenvalue weighted by molar-refractivity contribution is -0.169. The van der Waals surface area contributed by atoms with Gasteiger partial charge in [-0.2, -0.15) is 0 Å². The van der Waals surface area contributed by atoms with Crippen LogP contribution in [0.1, 0.15) is 20.8 Å². The van der Waals surface area contributed by atoms with E-state index in [1.165, 1.54) is 16.7 Å². The number of carbonyl (C=O) groups is 4. The van der Waals surface area contributed by atoms with Crippen molar-refractivity contribution in [1.29, 1.82) is 0 Å². The Balaban J connectivity index is 1.61. The van der Waals surface area contributed by atoms with E-state index in [1.807, 2.05) is 6.07 Å². The predicted molar refractivity (Wildman–Crippen MR) is 96.7 cm³/mol. The molecule has 144 valence electrons. The quantitative estimate of drug-likeness (QED) is 0.447. The number of rotatable bonds is 5. The molecule has 0 aliphatic carbocycles. The highest BCUT2D eigenvalue weighted by Crippen LogP contribution is 2.51. The molecule has 2 amide bonds. The van der Waals surface area contributed by atoms with Gasteiger partial charge in [-0.05, 0) is 26.0 Å². The lowest BCUT2D eigenvalue weighted by Crippen LogP contribution is -2.71. The summed E-state index contributed by atoms with van der Waals surface area (Å²) < 4.78 is 9.41. The Kier molecular flexibility index (Phi) is 5.14. The number of nitrogens with zero attached hydrogens (tertiary/aromatic N) is 1. The highest BCUT2D eigenvalue weighted by atomic mass is 32.2. The van der Waals surface area contributed by atoms with E-state index in [9.17, 15) is 19.2 Å². The number of nitrogens with one attached hydrogen (secondary N) is 1. The SMILES string of the molecule is CC(=O)OC(=O)[C@@H]1N2C(=O)[C@@H](NC(=O)COc3ccccc3)[C@H]2SC1(C)C. The van der Waals surface area contributed by atoms with Crippen molar-refractivity contribution in [2.24, 2.45) is 0 Å². The first-order valence-electron chi connectivity index (χ1n) is 8.40. The second kappa shape index (κ2) is 7.22. The van der Waals surface area contributed by atoms with Gasteiger partial charge >= 0.3 is 11.9 Å². The highest BCUT2D eigenvalue weighted by molar-refractivity contribution is 8.01. The average molecular weight is 392 g/mol. The van der Waals surface area contributed by atoms with Crippen molar-refractivity contribution < 1.29 is 28.7 Å². The maximum absolute atomic E-state index is 12.5. The number of hydrogen-bond acceptors (Lipinski definition) is 7. The number of β-lactam (4-membered cyclic amide) rings is 1. The molecular weight excluding hydrogens is 372 g/mol. The number of thioether (sulfide) groups is 1. The molecule has 1 aromatic rings. The zero-order valence-electron chi connectivity index (χ0n) is 15.1. The Hall–Kier alpha value is -2.55. The van der Waals surface area contributed by atoms with Crippen LogP contribution in [0.15, 0.2) is 30.3 Å². The Morgan fingerprint density at radius 2 is 1.89 bits per heavy atom. The normalized spacial score (nSPS) is 25.2. The lowest BCUT2D eigenvalue weighted by Gasteiger charge is -2.43. The second-order valence-electron chi connectivity index (χ2n) is 6.82. The number of fused-ring (bicyclic) bond motifs is 1. The summed E-state index contributed by atoms with van der Waals surface area (Å²) in [7, 11) is 0. The molecule has 8 nitrogen and oxygen atoms in total. The summed E-state index contributed by atoms with van der Waals surface area (Å²) in [4.78, 5) is 49.3. The monoisotopic (exact) mass is 392 g/mol. The minimum atomic E-state index is -0.877. The van der Waals surface area contributed by atoms with Crippen molar-refractivity contribution in [2.75, 3.05) is 6.61 Å². The predicted octanol–water partition coefficient (Wildman–Crippen LogP) is 0.702. The van der Waals surface area contributed by atoms with E-state index in [2.05, 4.69) is 10.1 Å². The van der Waals surface area contributed by atoms with Crippen LogP contribution in [0.3, 0.4) is 0 Å². The molecule has 0 radical (unpaired) electrons. The molecule has 1 aromatic carbocycles. The van der Waals surface area contributed by atoms with Gasteiger partial charge in [0.25, 0.3) is 5.91 Å². The number of esters is 2. The number of benzene rings is 1. The first-order chi connectivity index (χ1) is 12.7. The number of carbonyl (C=O) groups excluding carboxylic acids is 4. The van der Waals surface area contributed by atoms with Crippen LogP contribution in [0, 0.1) is 0 Å². The topological polar surface area (TPSA) is 102 Å². The Labute approximate surface area is 160 Å². The fraction of sp³-hybridized carbons (Fsp3) is 0.444. The molecule has 0 spiro atoms. The van der Waals surface area contributed by atoms with Crippen molar-refractivity contribution in [3.63, 3.8) is 0 Å². The maximum atomic E-state index is 12.5. The number of amides is 2. The van der Waals surface area contributed by atoms with E-state index >= 15 is 0 Å². The Bertz CT molecular complexity index is 781. The van der Waals surface area contributed by atoms with Crippen molar-refractivity contribution in [2.45, 2.75) is 43.0 Å². The lowest BCUT2D eigenvalue weighted by atomic mass is 9.96. The largest absolute Gasteiger partial charge is 0.484 e. The van der Waals surface area contributed by atoms with Crippen molar-refractivity contribution >= 4 is 35.5 Å². The summed E-state index contributed by atoms with van der Waals surface area (Å²) >= 11 is 1.39. The minimum absolute atomic E-state index is 0.218. The van der Waals surface area contributed by atoms with Gasteiger partial charge in [0.05, 0.1) is 0 Å². The molecule has 9 heteroatoms. The van der Waals surface area contributed by atoms with Gasteiger partial charge in [-0.15, -0.1) is 11.8 Å². The van der Waals surface area contributed by atoms with E-state index < -0.39 is 40.1 Å². The second-order valence-corrected chi connectivity index (χ2v) is 8.59. The van der Waals surface area contributed by atoms with Gasteiger partial charge in [0.15, 0.2) is 6.61 Å². The molecule has 2 aliphatic heterocycles. The van der Waals surface area contributed by atoms with Crippen LogP contribution in [0.25, 0.3) is 0 Å². The molecule has 2 saturated heterocycles. The Morgan fingerprint density at radius 1 is 1.22 bits per heavy atom. The molecule has 1 N–H and O–H groups in total. The number of ether oxygens (including phenoxy) is 2. The standard InChI is InChI=1S/C18H20N2O6S/c1-10(21)26-17(24)14-18(2,3)27-16-13(15(23)20(14)16)19-12(22)9-25-11-7-5-4-6-8-11/h4-8,13-14,16H,9H2,1-3H3,(H,19,22)/t13-,14+,16-/m1/s1. The zero-order chi connectivity index (χ0) is 19.8. The average Bonchev–Trinajstić information content (AvgIpc) is 2.86. The molecule has 2 fully saturated rings. The summed E-state index contributed by atoms with van der Waals surface area (Å²) in [6.07, 6.45) is 0. The minimum Gasteiger partial charge on any atom is -0.484 e. The Morgan fingerprint density at radius 3 is 2.52 bits per heavy atom. The molecule has 3 rings (SSSR count). The fourth-order valence-electron chi connectivity index (χ4n) is 3.20. The van der Waals surface area contributed by atoms with Gasteiger partial charge in [0.2, 0.25) is 5.91 Å². The molecule has 0 aromatic heterocycles. The van der Waals surface area contributed by atoms with Crippen LogP contribution >= 0.6 is 11.8 Å².